The largest absolute Gasteiger partial charge is 0.573 e. The van der Waals surface area contributed by atoms with Crippen molar-refractivity contribution >= 4 is 33.7 Å². The van der Waals surface area contributed by atoms with Gasteiger partial charge in [-0.3, -0.25) is 4.98 Å². The van der Waals surface area contributed by atoms with Crippen molar-refractivity contribution in [3.8, 4) is 28.1 Å². The number of hydrogen-bond donors (Lipinski definition) is 1. The zero-order valence-corrected chi connectivity index (χ0v) is 25.8. The number of pyridine rings is 1. The molecule has 2 N–H and O–H groups in total. The van der Waals surface area contributed by atoms with E-state index in [1.807, 2.05) is 0 Å². The highest BCUT2D eigenvalue weighted by Gasteiger charge is 2.36. The zero-order valence-electron chi connectivity index (χ0n) is 24.2. The molecule has 0 aliphatic heterocycles. The van der Waals surface area contributed by atoms with Crippen LogP contribution >= 0.6 is 11.6 Å². The fourth-order valence-corrected chi connectivity index (χ4v) is 5.42. The van der Waals surface area contributed by atoms with E-state index < -0.39 is 34.0 Å². The smallest absolute Gasteiger partial charge is 0.443 e. The van der Waals surface area contributed by atoms with E-state index >= 15 is 0 Å². The molecule has 1 aromatic heterocycles. The first kappa shape index (κ1) is 33.3. The van der Waals surface area contributed by atoms with Crippen LogP contribution < -0.4 is 10.5 Å². The Morgan fingerprint density at radius 1 is 0.956 bits per heavy atom. The number of amides is 1. The lowest BCUT2D eigenvalue weighted by atomic mass is 9.98. The molecule has 0 spiro atoms. The number of rotatable bonds is 7. The Hall–Kier alpha value is -4.62. The quantitative estimate of drug-likeness (QED) is 0.162. The van der Waals surface area contributed by atoms with E-state index in [2.05, 4.69) is 14.7 Å². The topological polar surface area (TPSA) is 124 Å². The van der Waals surface area contributed by atoms with E-state index in [4.69, 9.17) is 22.1 Å². The summed E-state index contributed by atoms with van der Waals surface area (Å²) >= 11 is 6.07. The number of nitrogens with zero attached hydrogens (tertiary/aromatic N) is 3. The van der Waals surface area contributed by atoms with Crippen LogP contribution in [0.5, 0.6) is 5.75 Å². The molecule has 0 bridgehead atoms. The van der Waals surface area contributed by atoms with Gasteiger partial charge in [0.2, 0.25) is 5.96 Å². The third-order valence-corrected chi connectivity index (χ3v) is 7.87. The maximum atomic E-state index is 13.5. The molecule has 3 aromatic carbocycles. The first-order chi connectivity index (χ1) is 21.0. The molecule has 4 rings (SSSR count). The molecule has 0 atom stereocenters. The van der Waals surface area contributed by atoms with Crippen molar-refractivity contribution in [1.82, 2.24) is 9.29 Å². The lowest BCUT2D eigenvalue weighted by molar-refractivity contribution is -0.274. The van der Waals surface area contributed by atoms with Crippen LogP contribution in [0.2, 0.25) is 5.02 Å². The molecule has 0 aliphatic carbocycles. The summed E-state index contributed by atoms with van der Waals surface area (Å²) in [6.45, 7) is 4.54. The van der Waals surface area contributed by atoms with E-state index in [1.54, 1.807) is 57.2 Å². The first-order valence-corrected chi connectivity index (χ1v) is 15.1. The van der Waals surface area contributed by atoms with E-state index in [-0.39, 0.29) is 17.2 Å². The number of aromatic nitrogens is 1. The van der Waals surface area contributed by atoms with Crippen molar-refractivity contribution in [2.45, 2.75) is 44.2 Å². The van der Waals surface area contributed by atoms with Gasteiger partial charge in [0.15, 0.2) is 0 Å². The fourth-order valence-electron chi connectivity index (χ4n) is 4.04. The van der Waals surface area contributed by atoms with Gasteiger partial charge < -0.3 is 15.2 Å². The SMILES string of the molecule is CC(C)(C)OC(=O)N(C(N)=NCc1cnc(-c2ccc(OC(F)(F)F)cc2)c(-c2ccc(Cl)cc2)c1)S(=O)(=O)c1ccccc1. The van der Waals surface area contributed by atoms with Crippen LogP contribution in [0.15, 0.2) is 101 Å². The van der Waals surface area contributed by atoms with E-state index in [0.29, 0.717) is 37.3 Å². The van der Waals surface area contributed by atoms with E-state index in [9.17, 15) is 26.4 Å². The van der Waals surface area contributed by atoms with Gasteiger partial charge in [0.25, 0.3) is 10.0 Å². The number of benzene rings is 3. The Balaban J connectivity index is 1.72. The van der Waals surface area contributed by atoms with Crippen LogP contribution in [0.1, 0.15) is 26.3 Å². The highest BCUT2D eigenvalue weighted by molar-refractivity contribution is 7.90. The minimum atomic E-state index is -4.84. The summed E-state index contributed by atoms with van der Waals surface area (Å²) in [7, 11) is -4.50. The number of hydrogen-bond acceptors (Lipinski definition) is 7. The van der Waals surface area contributed by atoms with Crippen LogP contribution in [0, 0.1) is 0 Å². The molecule has 0 radical (unpaired) electrons. The first-order valence-electron chi connectivity index (χ1n) is 13.3. The van der Waals surface area contributed by atoms with Crippen molar-refractivity contribution < 1.29 is 35.9 Å². The summed E-state index contributed by atoms with van der Waals surface area (Å²) in [4.78, 5) is 21.6. The van der Waals surface area contributed by atoms with Gasteiger partial charge >= 0.3 is 12.5 Å². The Bertz CT molecular complexity index is 1790. The molecule has 0 unspecified atom stereocenters. The van der Waals surface area contributed by atoms with Crippen molar-refractivity contribution in [3.05, 3.63) is 102 Å². The van der Waals surface area contributed by atoms with Crippen LogP contribution in [0.4, 0.5) is 18.0 Å². The summed E-state index contributed by atoms with van der Waals surface area (Å²) < 4.78 is 74.4. The second-order valence-electron chi connectivity index (χ2n) is 10.6. The summed E-state index contributed by atoms with van der Waals surface area (Å²) in [6, 6.07) is 21.0. The predicted octanol–water partition coefficient (Wildman–Crippen LogP) is 7.41. The third-order valence-electron chi connectivity index (χ3n) is 5.93. The Labute approximate surface area is 263 Å². The van der Waals surface area contributed by atoms with Gasteiger partial charge in [-0.1, -0.05) is 41.9 Å². The lowest BCUT2D eigenvalue weighted by Crippen LogP contribution is -2.48. The van der Waals surface area contributed by atoms with E-state index in [0.717, 1.165) is 0 Å². The Morgan fingerprint density at radius 3 is 2.13 bits per heavy atom. The summed E-state index contributed by atoms with van der Waals surface area (Å²) in [5.74, 6) is -1.02. The average Bonchev–Trinajstić information content (AvgIpc) is 2.95. The maximum Gasteiger partial charge on any atom is 0.573 e. The van der Waals surface area contributed by atoms with Gasteiger partial charge in [-0.25, -0.2) is 18.2 Å². The molecular formula is C31H28ClF3N4O5S. The van der Waals surface area contributed by atoms with Crippen molar-refractivity contribution in [3.63, 3.8) is 0 Å². The monoisotopic (exact) mass is 660 g/mol. The van der Waals surface area contributed by atoms with Crippen molar-refractivity contribution in [2.24, 2.45) is 10.7 Å². The number of aliphatic imine (C=N–C) groups is 1. The number of guanidine groups is 1. The second kappa shape index (κ2) is 13.2. The van der Waals surface area contributed by atoms with Gasteiger partial charge in [0.05, 0.1) is 17.1 Å². The summed E-state index contributed by atoms with van der Waals surface area (Å²) in [5, 5.41) is 0.484. The molecule has 9 nitrogen and oxygen atoms in total. The number of sulfonamides is 1. The molecule has 236 valence electrons. The molecule has 14 heteroatoms. The van der Waals surface area contributed by atoms with Gasteiger partial charge in [0.1, 0.15) is 11.4 Å². The molecule has 1 amide bonds. The normalized spacial score (nSPS) is 12.5. The number of alkyl halides is 3. The van der Waals surface area contributed by atoms with Crippen LogP contribution in [0.3, 0.4) is 0 Å². The fraction of sp³-hybridized carbons (Fsp3) is 0.194. The Kier molecular flexibility index (Phi) is 9.74. The van der Waals surface area contributed by atoms with Crippen molar-refractivity contribution in [1.29, 1.82) is 0 Å². The highest BCUT2D eigenvalue weighted by Crippen LogP contribution is 2.34. The molecule has 1 heterocycles. The number of carbonyl (C=O) groups excluding carboxylic acids is 1. The van der Waals surface area contributed by atoms with Gasteiger partial charge in [0, 0.05) is 22.3 Å². The third kappa shape index (κ3) is 8.73. The molecule has 4 aromatic rings. The minimum absolute atomic E-state index is 0.193. The Morgan fingerprint density at radius 2 is 1.56 bits per heavy atom. The number of ether oxygens (including phenoxy) is 2. The van der Waals surface area contributed by atoms with Crippen LogP contribution in [-0.2, 0) is 21.3 Å². The summed E-state index contributed by atoms with van der Waals surface area (Å²) in [6.07, 6.45) is -4.62. The number of nitrogens with two attached hydrogens (primary N) is 1. The molecule has 0 fully saturated rings. The van der Waals surface area contributed by atoms with Crippen LogP contribution in [-0.4, -0.2) is 41.7 Å². The number of halogens is 4. The predicted molar refractivity (Wildman–Crippen MR) is 164 cm³/mol. The minimum Gasteiger partial charge on any atom is -0.443 e. The van der Waals surface area contributed by atoms with Crippen LogP contribution in [0.25, 0.3) is 22.4 Å². The maximum absolute atomic E-state index is 13.5. The zero-order chi connectivity index (χ0) is 33.0. The van der Waals surface area contributed by atoms with Gasteiger partial charge in [-0.15, -0.1) is 17.5 Å². The summed E-state index contributed by atoms with van der Waals surface area (Å²) in [5.41, 5.74) is 7.74. The lowest BCUT2D eigenvalue weighted by Gasteiger charge is -2.26. The van der Waals surface area contributed by atoms with Crippen molar-refractivity contribution in [2.75, 3.05) is 0 Å². The molecular weight excluding hydrogens is 633 g/mol. The highest BCUT2D eigenvalue weighted by atomic mass is 35.5. The molecule has 45 heavy (non-hydrogen) atoms. The van der Waals surface area contributed by atoms with E-state index in [1.165, 1.54) is 54.7 Å². The average molecular weight is 661 g/mol. The van der Waals surface area contributed by atoms with Gasteiger partial charge in [-0.05, 0) is 86.5 Å². The van der Waals surface area contributed by atoms with Gasteiger partial charge in [-0.2, -0.15) is 0 Å². The molecule has 0 aliphatic rings. The molecule has 0 saturated carbocycles. The number of carbonyl (C=O) groups is 1. The molecule has 0 saturated heterocycles. The second-order valence-corrected chi connectivity index (χ2v) is 12.8. The standard InChI is InChI=1S/C31H28ClF3N4O5S/c1-30(2,3)44-29(40)39(45(41,42)25-7-5-4-6-8-25)28(36)38-19-20-17-26(21-9-13-23(32)14-10-21)27(37-18-20)22-11-15-24(16-12-22)43-31(33,34)35/h4-18H,19H2,1-3H3,(H2,36,38).